The molecule has 0 spiro atoms. The minimum absolute atomic E-state index is 0.349. The summed E-state index contributed by atoms with van der Waals surface area (Å²) in [5, 5.41) is -3.24. The van der Waals surface area contributed by atoms with E-state index in [0.717, 1.165) is 9.47 Å². The van der Waals surface area contributed by atoms with Gasteiger partial charge in [-0.25, -0.2) is 0 Å². The normalized spacial score (nSPS) is 20.6. The third-order valence-corrected chi connectivity index (χ3v) is 12.2. The van der Waals surface area contributed by atoms with Gasteiger partial charge in [0, 0.05) is 55.4 Å². The first-order valence-corrected chi connectivity index (χ1v) is 20.6. The molecule has 0 amide bonds. The number of benzene rings is 10. The molecular formula is C62H37BN4O2. The smallest absolute Gasteiger partial charge is 0.297 e. The lowest BCUT2D eigenvalue weighted by Gasteiger charge is -2.45. The van der Waals surface area contributed by atoms with Crippen molar-refractivity contribution in [2.24, 2.45) is 0 Å². The zero-order valence-electron chi connectivity index (χ0n) is 71.2. The van der Waals surface area contributed by atoms with Crippen LogP contribution in [0.15, 0.2) is 232 Å². The maximum Gasteiger partial charge on any atom is 0.297 e. The highest BCUT2D eigenvalue weighted by Crippen LogP contribution is 2.55. The lowest BCUT2D eigenvalue weighted by molar-refractivity contribution is 0.651. The van der Waals surface area contributed by atoms with Gasteiger partial charge in [-0.2, -0.15) is 0 Å². The third kappa shape index (κ3) is 5.00. The summed E-state index contributed by atoms with van der Waals surface area (Å²) in [6.07, 6.45) is 0. The van der Waals surface area contributed by atoms with Crippen LogP contribution in [-0.2, 0) is 0 Å². The van der Waals surface area contributed by atoms with Crippen molar-refractivity contribution in [3.05, 3.63) is 224 Å². The summed E-state index contributed by atoms with van der Waals surface area (Å²) in [6.45, 7) is -2.27. The second-order valence-electron chi connectivity index (χ2n) is 15.6. The van der Waals surface area contributed by atoms with Crippen LogP contribution in [0.3, 0.4) is 0 Å². The largest absolute Gasteiger partial charge is 0.468 e. The molecule has 16 rings (SSSR count). The fraction of sp³-hybridized carbons (Fsp3) is 0. The van der Waals surface area contributed by atoms with Crippen molar-refractivity contribution < 1.29 is 59.6 Å². The van der Waals surface area contributed by atoms with Crippen LogP contribution in [0.1, 0.15) is 50.7 Å². The molecule has 0 unspecified atom stereocenters. The topological polar surface area (TPSA) is 40.9 Å². The van der Waals surface area contributed by atoms with Gasteiger partial charge in [-0.1, -0.05) is 133 Å². The molecule has 0 aliphatic carbocycles. The average molecular weight is 918 g/mol. The van der Waals surface area contributed by atoms with E-state index in [2.05, 4.69) is 0 Å². The molecule has 0 fully saturated rings. The van der Waals surface area contributed by atoms with Gasteiger partial charge < -0.3 is 28.1 Å². The second-order valence-corrected chi connectivity index (χ2v) is 15.6. The SMILES string of the molecule is [2H]c1c([2H])c([2H])c(-c2c([2H])c([2H])c3oc4c(c3c2[2H])N(c2c([2H])c([2H])c3oc5c([2H])c([2H])c([2H])c([2H])c5c3c2[2H])c2c([2H])c(N(c3c([2H])c([2H])c([2H])c([2H])c3[2H])c3c([2H])c([2H])c([2H])c([2H])c3[2H])c([2H])c3c2B4c2c([2H])c([2H])c([2H])c4c2N3c2c([2H])c([2H])c([2H])c3c5c([2H])c([2H])c([2H])c([2H])c5n-4c23)c([2H])c1[2H]. The predicted molar refractivity (Wildman–Crippen MR) is 286 cm³/mol. The summed E-state index contributed by atoms with van der Waals surface area (Å²) >= 11 is 0. The van der Waals surface area contributed by atoms with Gasteiger partial charge in [0.05, 0.1) is 95.8 Å². The summed E-state index contributed by atoms with van der Waals surface area (Å²) in [4.78, 5) is 1.89. The van der Waals surface area contributed by atoms with Gasteiger partial charge in [-0.3, -0.25) is 0 Å². The van der Waals surface area contributed by atoms with Crippen molar-refractivity contribution in [2.45, 2.75) is 0 Å². The fourth-order valence-electron chi connectivity index (χ4n) is 9.55. The van der Waals surface area contributed by atoms with Crippen LogP contribution in [0.4, 0.5) is 51.2 Å². The number of nitrogens with zero attached hydrogens (tertiary/aromatic N) is 4. The number of anilines is 9. The first kappa shape index (κ1) is 16.5. The fourth-order valence-corrected chi connectivity index (χ4v) is 9.55. The van der Waals surface area contributed by atoms with E-state index in [-0.39, 0.29) is 0 Å². The van der Waals surface area contributed by atoms with Gasteiger partial charge in [0.1, 0.15) is 16.7 Å². The van der Waals surface area contributed by atoms with Crippen molar-refractivity contribution in [3.8, 4) is 16.8 Å². The molecular weight excluding hydrogens is 844 g/mol. The van der Waals surface area contributed by atoms with Crippen LogP contribution in [0.25, 0.3) is 71.5 Å². The Hall–Kier alpha value is -9.20. The second kappa shape index (κ2) is 13.7. The Morgan fingerprint density at radius 2 is 1.04 bits per heavy atom. The van der Waals surface area contributed by atoms with Crippen molar-refractivity contribution in [1.29, 1.82) is 0 Å². The van der Waals surface area contributed by atoms with E-state index >= 15 is 0 Å². The molecule has 6 heterocycles. The maximum atomic E-state index is 11.2. The first-order valence-electron chi connectivity index (χ1n) is 39.1. The summed E-state index contributed by atoms with van der Waals surface area (Å²) in [7, 11) is 0. The molecule has 7 heteroatoms. The van der Waals surface area contributed by atoms with E-state index in [9.17, 15) is 28.8 Å². The first-order chi connectivity index (χ1) is 49.7. The van der Waals surface area contributed by atoms with Gasteiger partial charge in [-0.15, -0.1) is 0 Å². The monoisotopic (exact) mass is 918 g/mol. The molecule has 6 nitrogen and oxygen atoms in total. The van der Waals surface area contributed by atoms with E-state index in [1.54, 1.807) is 0 Å². The lowest BCUT2D eigenvalue weighted by Crippen LogP contribution is -2.61. The van der Waals surface area contributed by atoms with Crippen LogP contribution in [0, 0.1) is 0 Å². The highest BCUT2D eigenvalue weighted by atomic mass is 16.3. The lowest BCUT2D eigenvalue weighted by atomic mass is 9.35. The van der Waals surface area contributed by atoms with Crippen LogP contribution >= 0.6 is 0 Å². The molecule has 0 N–H and O–H groups in total. The molecule has 13 aromatic rings. The third-order valence-electron chi connectivity index (χ3n) is 12.2. The van der Waals surface area contributed by atoms with Gasteiger partial charge >= 0.3 is 0 Å². The summed E-state index contributed by atoms with van der Waals surface area (Å²) in [5.41, 5.74) is -17.0. The summed E-state index contributed by atoms with van der Waals surface area (Å²) in [6, 6.07) is -39.5. The van der Waals surface area contributed by atoms with Crippen molar-refractivity contribution in [3.63, 3.8) is 0 Å². The predicted octanol–water partition coefficient (Wildman–Crippen LogP) is 15.0. The number of aromatic nitrogens is 1. The van der Waals surface area contributed by atoms with Crippen molar-refractivity contribution >= 4 is 129 Å². The number of fused-ring (bicyclic) bond motifs is 14. The van der Waals surface area contributed by atoms with Crippen LogP contribution in [0.5, 0.6) is 0 Å². The Balaban J connectivity index is 1.24. The molecule has 0 bridgehead atoms. The quantitative estimate of drug-likeness (QED) is 0.161. The van der Waals surface area contributed by atoms with Crippen molar-refractivity contribution in [2.75, 3.05) is 14.7 Å². The number of furan rings is 2. The number of para-hydroxylation sites is 6. The molecule has 3 aliphatic rings. The standard InChI is InChI=1S/C62H37BN4O2/c1-4-16-38(17-5-1)39-30-32-57-48(34-39)60-62(69-57)63-49-25-15-28-52-61(49)67(51-27-14-24-46-44-22-10-12-26-50(44)66(52)59(46)51)54-37-43(64(40-18-6-2-7-19-40)41-20-8-3-9-21-41)36-53(58(54)63)65(60)42-31-33-56-47(35-42)45-23-11-13-29-55(45)68-56/h1-37H/i1D,2D,3D,4D,5D,6D,7D,8D,9D,10D,11D,12D,13D,14D,15D,16D,17D,18D,19D,20D,21D,22D,23D,24D,25D,26D,27D,28D,29D,30D,31D,32D,33D,34D,35D,36D,37D. The molecule has 69 heavy (non-hydrogen) atoms. The minimum atomic E-state index is -2.27. The van der Waals surface area contributed by atoms with Crippen LogP contribution in [-0.4, -0.2) is 11.3 Å². The summed E-state index contributed by atoms with van der Waals surface area (Å²) in [5.74, 6) is 0. The Morgan fingerprint density at radius 1 is 0.406 bits per heavy atom. The molecule has 320 valence electrons. The molecule has 10 aromatic carbocycles. The molecule has 0 saturated heterocycles. The van der Waals surface area contributed by atoms with E-state index in [1.165, 1.54) is 0 Å². The van der Waals surface area contributed by atoms with E-state index < -0.39 is 370 Å². The minimum Gasteiger partial charge on any atom is -0.468 e. The zero-order valence-corrected chi connectivity index (χ0v) is 34.2. The van der Waals surface area contributed by atoms with Gasteiger partial charge in [0.25, 0.3) is 6.71 Å². The van der Waals surface area contributed by atoms with Gasteiger partial charge in [-0.05, 0) is 113 Å². The van der Waals surface area contributed by atoms with E-state index in [0.29, 0.717) is 9.80 Å². The van der Waals surface area contributed by atoms with E-state index in [1.807, 2.05) is 0 Å². The molecule has 3 aromatic heterocycles. The van der Waals surface area contributed by atoms with Gasteiger partial charge in [0.2, 0.25) is 0 Å². The number of hydrogen-bond donors (Lipinski definition) is 0. The highest BCUT2D eigenvalue weighted by Gasteiger charge is 2.49. The van der Waals surface area contributed by atoms with Crippen LogP contribution < -0.4 is 31.3 Å². The Bertz CT molecular complexity index is 6390. The van der Waals surface area contributed by atoms with Gasteiger partial charge in [0.15, 0.2) is 0 Å². The number of rotatable bonds is 5. The Morgan fingerprint density at radius 3 is 1.86 bits per heavy atom. The Kier molecular flexibility index (Phi) is 3.28. The zero-order chi connectivity index (χ0) is 77.1. The highest BCUT2D eigenvalue weighted by molar-refractivity contribution is 7.00. The van der Waals surface area contributed by atoms with Crippen molar-refractivity contribution in [1.82, 2.24) is 4.57 Å². The molecule has 0 atom stereocenters. The van der Waals surface area contributed by atoms with E-state index in [4.69, 9.17) is 30.8 Å². The number of hydrogen-bond acceptors (Lipinski definition) is 5. The average Bonchev–Trinajstić information content (AvgIpc) is 1.32. The Labute approximate surface area is 448 Å². The molecule has 3 aliphatic heterocycles. The molecule has 0 radical (unpaired) electrons. The maximum absolute atomic E-state index is 11.2. The van der Waals surface area contributed by atoms with Crippen LogP contribution in [0.2, 0.25) is 0 Å². The summed E-state index contributed by atoms with van der Waals surface area (Å²) < 4.78 is 365. The molecule has 0 saturated carbocycles.